The summed E-state index contributed by atoms with van der Waals surface area (Å²) in [5, 5.41) is 3.40. The van der Waals surface area contributed by atoms with Crippen molar-refractivity contribution >= 4 is 17.0 Å². The van der Waals surface area contributed by atoms with Crippen molar-refractivity contribution in [2.75, 3.05) is 26.4 Å². The minimum atomic E-state index is -0.359. The molecule has 38 heavy (non-hydrogen) atoms. The van der Waals surface area contributed by atoms with Gasteiger partial charge in [0, 0.05) is 50.0 Å². The van der Waals surface area contributed by atoms with Gasteiger partial charge in [-0.15, -0.1) is 0 Å². The van der Waals surface area contributed by atoms with Gasteiger partial charge in [0.2, 0.25) is 0 Å². The fourth-order valence-corrected chi connectivity index (χ4v) is 5.29. The first-order valence-corrected chi connectivity index (χ1v) is 13.8. The third kappa shape index (κ3) is 6.17. The van der Waals surface area contributed by atoms with Gasteiger partial charge in [0.1, 0.15) is 18.0 Å². The number of fused-ring (bicyclic) bond motifs is 1. The number of H-pyrrole nitrogens is 1. The smallest absolute Gasteiger partial charge is 0.323 e. The molecule has 2 N–H and O–H groups in total. The van der Waals surface area contributed by atoms with Crippen molar-refractivity contribution < 1.29 is 19.0 Å². The molecule has 9 heteroatoms. The summed E-state index contributed by atoms with van der Waals surface area (Å²) in [4.78, 5) is 32.6. The van der Waals surface area contributed by atoms with E-state index < -0.39 is 0 Å². The van der Waals surface area contributed by atoms with Gasteiger partial charge in [-0.2, -0.15) is 0 Å². The fourth-order valence-electron chi connectivity index (χ4n) is 5.29. The monoisotopic (exact) mass is 522 g/mol. The van der Waals surface area contributed by atoms with Gasteiger partial charge in [0.15, 0.2) is 0 Å². The molecule has 204 valence electrons. The molecule has 5 rings (SSSR count). The molecule has 2 aliphatic heterocycles. The fraction of sp³-hybridized carbons (Fsp3) is 0.552. The van der Waals surface area contributed by atoms with Crippen LogP contribution in [0.5, 0.6) is 0 Å². The number of aromatic amines is 1. The normalized spacial score (nSPS) is 19.2. The largest absolute Gasteiger partial charge is 0.459 e. The summed E-state index contributed by atoms with van der Waals surface area (Å²) in [6.45, 7) is 7.97. The van der Waals surface area contributed by atoms with Crippen molar-refractivity contribution in [1.29, 1.82) is 0 Å². The van der Waals surface area contributed by atoms with Crippen LogP contribution < -0.4 is 10.9 Å². The molecule has 2 aromatic heterocycles. The number of nitrogens with zero attached hydrogens (tertiary/aromatic N) is 2. The standard InChI is InChI=1S/C29H38N4O5/c1-3-4-24(29(35)38-23-9-12-37-18-23)30-15-21-5-6-26-25(14-21)32-27(22-13-19(2)28(34)31-16-22)33(26)17-20-7-10-36-11-8-20/h5-6,13-14,16,20,23-24,30H,3-4,7-12,15,17-18H2,1-2H3,(H,31,34)/t23?,24-/m0/s1. The number of aryl methyl sites for hydroxylation is 1. The van der Waals surface area contributed by atoms with Crippen LogP contribution in [0.2, 0.25) is 0 Å². The van der Waals surface area contributed by atoms with Crippen LogP contribution in [0.15, 0.2) is 35.3 Å². The van der Waals surface area contributed by atoms with Gasteiger partial charge in [-0.1, -0.05) is 19.4 Å². The second-order valence-electron chi connectivity index (χ2n) is 10.5. The molecule has 0 aliphatic carbocycles. The maximum atomic E-state index is 12.8. The van der Waals surface area contributed by atoms with E-state index in [1.54, 1.807) is 6.20 Å². The minimum absolute atomic E-state index is 0.0881. The van der Waals surface area contributed by atoms with Crippen LogP contribution in [0.4, 0.5) is 0 Å². The molecule has 2 fully saturated rings. The van der Waals surface area contributed by atoms with Crippen LogP contribution in [0, 0.1) is 12.8 Å². The number of ether oxygens (including phenoxy) is 3. The quantitative estimate of drug-likeness (QED) is 0.391. The van der Waals surface area contributed by atoms with E-state index in [9.17, 15) is 9.59 Å². The van der Waals surface area contributed by atoms with Crippen molar-refractivity contribution in [2.45, 2.75) is 71.2 Å². The maximum Gasteiger partial charge on any atom is 0.323 e. The predicted octanol–water partition coefficient (Wildman–Crippen LogP) is 3.72. The van der Waals surface area contributed by atoms with Crippen molar-refractivity contribution in [2.24, 2.45) is 5.92 Å². The zero-order valence-corrected chi connectivity index (χ0v) is 22.3. The molecule has 0 saturated carbocycles. The van der Waals surface area contributed by atoms with Gasteiger partial charge >= 0.3 is 5.97 Å². The lowest BCUT2D eigenvalue weighted by atomic mass is 10.00. The number of aromatic nitrogens is 3. The van der Waals surface area contributed by atoms with E-state index in [4.69, 9.17) is 19.2 Å². The van der Waals surface area contributed by atoms with Crippen LogP contribution in [0.1, 0.15) is 50.2 Å². The molecule has 0 spiro atoms. The molecule has 0 bridgehead atoms. The molecule has 0 radical (unpaired) electrons. The summed E-state index contributed by atoms with van der Waals surface area (Å²) in [5.74, 6) is 1.15. The molecule has 0 amide bonds. The average molecular weight is 523 g/mol. The number of hydrogen-bond donors (Lipinski definition) is 2. The minimum Gasteiger partial charge on any atom is -0.459 e. The van der Waals surface area contributed by atoms with Crippen LogP contribution in [0.3, 0.4) is 0 Å². The van der Waals surface area contributed by atoms with Crippen LogP contribution in [-0.4, -0.2) is 59.1 Å². The Kier molecular flexibility index (Phi) is 8.56. The second-order valence-corrected chi connectivity index (χ2v) is 10.5. The van der Waals surface area contributed by atoms with E-state index >= 15 is 0 Å². The van der Waals surface area contributed by atoms with E-state index in [1.807, 2.05) is 13.0 Å². The lowest BCUT2D eigenvalue weighted by Gasteiger charge is -2.23. The number of carbonyl (C=O) groups excluding carboxylic acids is 1. The summed E-state index contributed by atoms with van der Waals surface area (Å²) in [7, 11) is 0. The van der Waals surface area contributed by atoms with Crippen molar-refractivity contribution in [3.05, 3.63) is 51.9 Å². The number of imidazole rings is 1. The molecule has 1 unspecified atom stereocenters. The summed E-state index contributed by atoms with van der Waals surface area (Å²) >= 11 is 0. The lowest BCUT2D eigenvalue weighted by Crippen LogP contribution is -2.39. The molecule has 1 aromatic carbocycles. The van der Waals surface area contributed by atoms with E-state index in [1.165, 1.54) is 0 Å². The Morgan fingerprint density at radius 1 is 1.21 bits per heavy atom. The topological polar surface area (TPSA) is 107 Å². The maximum absolute atomic E-state index is 12.8. The van der Waals surface area contributed by atoms with Gasteiger partial charge in [-0.05, 0) is 55.9 Å². The highest BCUT2D eigenvalue weighted by Crippen LogP contribution is 2.29. The number of nitrogens with one attached hydrogen (secondary N) is 2. The SMILES string of the molecule is CCC[C@H](NCc1ccc2c(c1)nc(-c1c[nH]c(=O)c(C)c1)n2CC1CCOCC1)C(=O)OC1CCOC1. The number of esters is 1. The number of benzene rings is 1. The summed E-state index contributed by atoms with van der Waals surface area (Å²) in [6.07, 6.45) is 6.00. The number of pyridine rings is 1. The van der Waals surface area contributed by atoms with Crippen molar-refractivity contribution in [3.8, 4) is 11.4 Å². The molecule has 4 heterocycles. The highest BCUT2D eigenvalue weighted by molar-refractivity contribution is 5.81. The highest BCUT2D eigenvalue weighted by Gasteiger charge is 2.25. The van der Waals surface area contributed by atoms with Gasteiger partial charge in [0.05, 0.1) is 24.2 Å². The Labute approximate surface area is 222 Å². The first-order chi connectivity index (χ1) is 18.5. The van der Waals surface area contributed by atoms with E-state index in [0.717, 1.165) is 73.4 Å². The van der Waals surface area contributed by atoms with Gasteiger partial charge in [-0.3, -0.25) is 9.59 Å². The number of rotatable bonds is 10. The number of carbonyl (C=O) groups is 1. The van der Waals surface area contributed by atoms with Gasteiger partial charge in [0.25, 0.3) is 5.56 Å². The Balaban J connectivity index is 1.38. The lowest BCUT2D eigenvalue weighted by molar-refractivity contribution is -0.151. The molecule has 2 atom stereocenters. The summed E-state index contributed by atoms with van der Waals surface area (Å²) in [6, 6.07) is 7.84. The van der Waals surface area contributed by atoms with Crippen LogP contribution in [-0.2, 0) is 32.1 Å². The first-order valence-electron chi connectivity index (χ1n) is 13.8. The zero-order valence-electron chi connectivity index (χ0n) is 22.3. The zero-order chi connectivity index (χ0) is 26.5. The predicted molar refractivity (Wildman–Crippen MR) is 145 cm³/mol. The van der Waals surface area contributed by atoms with Crippen molar-refractivity contribution in [1.82, 2.24) is 19.9 Å². The van der Waals surface area contributed by atoms with Gasteiger partial charge < -0.3 is 29.1 Å². The van der Waals surface area contributed by atoms with E-state index in [0.29, 0.717) is 37.7 Å². The first kappa shape index (κ1) is 26.6. The van der Waals surface area contributed by atoms with Crippen molar-refractivity contribution in [3.63, 3.8) is 0 Å². The number of hydrogen-bond acceptors (Lipinski definition) is 7. The van der Waals surface area contributed by atoms with E-state index in [2.05, 4.69) is 40.0 Å². The molecular formula is C29H38N4O5. The Hall–Kier alpha value is -3.01. The summed E-state index contributed by atoms with van der Waals surface area (Å²) in [5.41, 5.74) is 4.48. The summed E-state index contributed by atoms with van der Waals surface area (Å²) < 4.78 is 18.9. The van der Waals surface area contributed by atoms with Crippen LogP contribution >= 0.6 is 0 Å². The highest BCUT2D eigenvalue weighted by atomic mass is 16.6. The molecule has 2 aliphatic rings. The van der Waals surface area contributed by atoms with E-state index in [-0.39, 0.29) is 23.7 Å². The Bertz CT molecular complexity index is 1300. The Morgan fingerprint density at radius 2 is 2.03 bits per heavy atom. The third-order valence-corrected chi connectivity index (χ3v) is 7.53. The van der Waals surface area contributed by atoms with Crippen LogP contribution in [0.25, 0.3) is 22.4 Å². The van der Waals surface area contributed by atoms with Gasteiger partial charge in [-0.25, -0.2) is 4.98 Å². The molecule has 9 nitrogen and oxygen atoms in total. The molecule has 3 aromatic rings. The molecule has 2 saturated heterocycles. The third-order valence-electron chi connectivity index (χ3n) is 7.53. The second kappa shape index (κ2) is 12.2. The average Bonchev–Trinajstić information content (AvgIpc) is 3.56. The molecular weight excluding hydrogens is 484 g/mol. The Morgan fingerprint density at radius 3 is 2.76 bits per heavy atom.